The zero-order valence-corrected chi connectivity index (χ0v) is 10.7. The van der Waals surface area contributed by atoms with Crippen molar-refractivity contribution in [3.05, 3.63) is 23.3 Å². The van der Waals surface area contributed by atoms with Crippen LogP contribution in [0.15, 0.2) is 17.0 Å². The van der Waals surface area contributed by atoms with Gasteiger partial charge in [0.2, 0.25) is 0 Å². The van der Waals surface area contributed by atoms with Crippen LogP contribution in [-0.2, 0) is 0 Å². The Morgan fingerprint density at radius 3 is 2.73 bits per heavy atom. The summed E-state index contributed by atoms with van der Waals surface area (Å²) in [6.07, 6.45) is 0. The molecule has 1 aromatic rings. The molecule has 1 unspecified atom stereocenters. The standard InChI is InChI=1S/C13H19NS/c1-8(2)12-7-14-13-10(4)5-9(3)6-11(13)15-12/h5-6,8,12,14H,7H2,1-4H3. The molecule has 1 aliphatic heterocycles. The molecule has 0 amide bonds. The van der Waals surface area contributed by atoms with Crippen LogP contribution < -0.4 is 5.32 Å². The van der Waals surface area contributed by atoms with Gasteiger partial charge >= 0.3 is 0 Å². The van der Waals surface area contributed by atoms with Crippen molar-refractivity contribution in [1.29, 1.82) is 0 Å². The van der Waals surface area contributed by atoms with E-state index in [1.165, 1.54) is 21.7 Å². The van der Waals surface area contributed by atoms with E-state index in [1.54, 1.807) is 0 Å². The van der Waals surface area contributed by atoms with Gasteiger partial charge in [0, 0.05) is 16.7 Å². The van der Waals surface area contributed by atoms with Crippen LogP contribution >= 0.6 is 11.8 Å². The number of nitrogens with one attached hydrogen (secondary N) is 1. The molecule has 0 bridgehead atoms. The summed E-state index contributed by atoms with van der Waals surface area (Å²) in [6.45, 7) is 10.1. The summed E-state index contributed by atoms with van der Waals surface area (Å²) < 4.78 is 0. The van der Waals surface area contributed by atoms with E-state index in [0.29, 0.717) is 5.25 Å². The Morgan fingerprint density at radius 1 is 1.33 bits per heavy atom. The van der Waals surface area contributed by atoms with E-state index >= 15 is 0 Å². The van der Waals surface area contributed by atoms with Crippen molar-refractivity contribution in [3.63, 3.8) is 0 Å². The topological polar surface area (TPSA) is 12.0 Å². The number of hydrogen-bond donors (Lipinski definition) is 1. The van der Waals surface area contributed by atoms with E-state index in [2.05, 4.69) is 45.1 Å². The highest BCUT2D eigenvalue weighted by atomic mass is 32.2. The predicted molar refractivity (Wildman–Crippen MR) is 68.9 cm³/mol. The molecule has 0 spiro atoms. The van der Waals surface area contributed by atoms with Gasteiger partial charge in [-0.25, -0.2) is 0 Å². The first-order chi connectivity index (χ1) is 7.08. The van der Waals surface area contributed by atoms with Gasteiger partial charge in [0.15, 0.2) is 0 Å². The monoisotopic (exact) mass is 221 g/mol. The molecule has 1 atom stereocenters. The van der Waals surface area contributed by atoms with Gasteiger partial charge in [-0.1, -0.05) is 19.9 Å². The van der Waals surface area contributed by atoms with E-state index in [4.69, 9.17) is 0 Å². The second-order valence-electron chi connectivity index (χ2n) is 4.74. The summed E-state index contributed by atoms with van der Waals surface area (Å²) in [4.78, 5) is 1.43. The van der Waals surface area contributed by atoms with Gasteiger partial charge in [0.05, 0.1) is 5.69 Å². The first-order valence-electron chi connectivity index (χ1n) is 5.59. The van der Waals surface area contributed by atoms with Gasteiger partial charge in [0.25, 0.3) is 0 Å². The van der Waals surface area contributed by atoms with Crippen LogP contribution in [0.25, 0.3) is 0 Å². The fourth-order valence-electron chi connectivity index (χ4n) is 2.03. The summed E-state index contributed by atoms with van der Waals surface area (Å²) in [6, 6.07) is 4.55. The number of aryl methyl sites for hydroxylation is 2. The molecule has 0 saturated carbocycles. The lowest BCUT2D eigenvalue weighted by Gasteiger charge is -2.29. The van der Waals surface area contributed by atoms with Crippen LogP contribution in [0.3, 0.4) is 0 Å². The molecular weight excluding hydrogens is 202 g/mol. The second-order valence-corrected chi connectivity index (χ2v) is 6.02. The normalized spacial score (nSPS) is 19.9. The number of thioether (sulfide) groups is 1. The zero-order chi connectivity index (χ0) is 11.0. The minimum absolute atomic E-state index is 0.707. The minimum atomic E-state index is 0.707. The van der Waals surface area contributed by atoms with E-state index < -0.39 is 0 Å². The SMILES string of the molecule is Cc1cc(C)c2c(c1)SC(C(C)C)CN2. The van der Waals surface area contributed by atoms with Gasteiger partial charge in [-0.2, -0.15) is 0 Å². The van der Waals surface area contributed by atoms with Crippen LogP contribution in [0.2, 0.25) is 0 Å². The number of rotatable bonds is 1. The summed E-state index contributed by atoms with van der Waals surface area (Å²) in [7, 11) is 0. The van der Waals surface area contributed by atoms with Crippen molar-refractivity contribution in [2.45, 2.75) is 37.8 Å². The largest absolute Gasteiger partial charge is 0.383 e. The van der Waals surface area contributed by atoms with Crippen molar-refractivity contribution < 1.29 is 0 Å². The molecular formula is C13H19NS. The van der Waals surface area contributed by atoms with Crippen LogP contribution in [0.1, 0.15) is 25.0 Å². The van der Waals surface area contributed by atoms with Crippen molar-refractivity contribution in [2.24, 2.45) is 5.92 Å². The lowest BCUT2D eigenvalue weighted by atomic mass is 10.1. The van der Waals surface area contributed by atoms with E-state index in [-0.39, 0.29) is 0 Å². The lowest BCUT2D eigenvalue weighted by Crippen LogP contribution is -2.26. The molecule has 15 heavy (non-hydrogen) atoms. The second kappa shape index (κ2) is 4.09. The molecule has 0 radical (unpaired) electrons. The first kappa shape index (κ1) is 10.9. The van der Waals surface area contributed by atoms with Gasteiger partial charge in [-0.15, -0.1) is 11.8 Å². The number of fused-ring (bicyclic) bond motifs is 1. The predicted octanol–water partition coefficient (Wildman–Crippen LogP) is 3.85. The van der Waals surface area contributed by atoms with Gasteiger partial charge < -0.3 is 5.32 Å². The molecule has 0 fully saturated rings. The smallest absolute Gasteiger partial charge is 0.0508 e. The average Bonchev–Trinajstić information content (AvgIpc) is 2.16. The highest BCUT2D eigenvalue weighted by molar-refractivity contribution is 8.00. The van der Waals surface area contributed by atoms with Crippen LogP contribution in [0.5, 0.6) is 0 Å². The molecule has 1 heterocycles. The van der Waals surface area contributed by atoms with E-state index in [0.717, 1.165) is 12.5 Å². The zero-order valence-electron chi connectivity index (χ0n) is 9.92. The fourth-order valence-corrected chi connectivity index (χ4v) is 3.40. The highest BCUT2D eigenvalue weighted by Crippen LogP contribution is 2.40. The molecule has 1 N–H and O–H groups in total. The molecule has 0 saturated heterocycles. The van der Waals surface area contributed by atoms with Gasteiger partial charge in [-0.05, 0) is 37.0 Å². The minimum Gasteiger partial charge on any atom is -0.383 e. The first-order valence-corrected chi connectivity index (χ1v) is 6.47. The molecule has 0 aliphatic carbocycles. The number of hydrogen-bond acceptors (Lipinski definition) is 2. The van der Waals surface area contributed by atoms with E-state index in [9.17, 15) is 0 Å². The summed E-state index contributed by atoms with van der Waals surface area (Å²) in [5, 5.41) is 4.28. The van der Waals surface area contributed by atoms with Crippen molar-refractivity contribution in [2.75, 3.05) is 11.9 Å². The number of anilines is 1. The quantitative estimate of drug-likeness (QED) is 0.773. The Balaban J connectivity index is 2.33. The van der Waals surface area contributed by atoms with Crippen LogP contribution in [-0.4, -0.2) is 11.8 Å². The van der Waals surface area contributed by atoms with Crippen molar-refractivity contribution >= 4 is 17.4 Å². The maximum absolute atomic E-state index is 3.57. The summed E-state index contributed by atoms with van der Waals surface area (Å²) >= 11 is 2.03. The number of benzene rings is 1. The molecule has 0 aromatic heterocycles. The third-order valence-electron chi connectivity index (χ3n) is 2.95. The Bertz CT molecular complexity index is 371. The molecule has 1 aliphatic rings. The summed E-state index contributed by atoms with van der Waals surface area (Å²) in [5.74, 6) is 0.733. The Labute approximate surface area is 96.7 Å². The molecule has 1 aromatic carbocycles. The Kier molecular flexibility index (Phi) is 2.96. The van der Waals surface area contributed by atoms with E-state index in [1.807, 2.05) is 11.8 Å². The molecule has 2 heteroatoms. The van der Waals surface area contributed by atoms with Gasteiger partial charge in [0.1, 0.15) is 0 Å². The molecule has 2 rings (SSSR count). The fraction of sp³-hybridized carbons (Fsp3) is 0.538. The maximum atomic E-state index is 3.57. The Hall–Kier alpha value is -0.630. The highest BCUT2D eigenvalue weighted by Gasteiger charge is 2.22. The maximum Gasteiger partial charge on any atom is 0.0508 e. The average molecular weight is 221 g/mol. The summed E-state index contributed by atoms with van der Waals surface area (Å²) in [5.41, 5.74) is 4.09. The Morgan fingerprint density at radius 2 is 2.07 bits per heavy atom. The van der Waals surface area contributed by atoms with Crippen molar-refractivity contribution in [1.82, 2.24) is 0 Å². The third kappa shape index (κ3) is 2.15. The van der Waals surface area contributed by atoms with Crippen LogP contribution in [0.4, 0.5) is 5.69 Å². The molecule has 82 valence electrons. The van der Waals surface area contributed by atoms with Crippen molar-refractivity contribution in [3.8, 4) is 0 Å². The van der Waals surface area contributed by atoms with Crippen LogP contribution in [0, 0.1) is 19.8 Å². The van der Waals surface area contributed by atoms with Gasteiger partial charge in [-0.3, -0.25) is 0 Å². The third-order valence-corrected chi connectivity index (χ3v) is 4.54. The molecule has 1 nitrogen and oxygen atoms in total. The lowest BCUT2D eigenvalue weighted by molar-refractivity contribution is 0.619.